The molecule has 5 heteroatoms. The Morgan fingerprint density at radius 3 is 2.38 bits per heavy atom. The summed E-state index contributed by atoms with van der Waals surface area (Å²) in [6.45, 7) is 0. The van der Waals surface area contributed by atoms with Gasteiger partial charge in [-0.3, -0.25) is 0 Å². The van der Waals surface area contributed by atoms with Crippen LogP contribution in [0.5, 0.6) is 5.75 Å². The first-order valence-corrected chi connectivity index (χ1v) is 11.1. The van der Waals surface area contributed by atoms with Crippen molar-refractivity contribution in [3.63, 3.8) is 0 Å². The van der Waals surface area contributed by atoms with Gasteiger partial charge in [0.2, 0.25) is 0 Å². The lowest BCUT2D eigenvalue weighted by Crippen LogP contribution is -2.21. The highest BCUT2D eigenvalue weighted by Crippen LogP contribution is 2.48. The minimum Gasteiger partial charge on any atom is -0.485 e. The smallest absolute Gasteiger partial charge is 0.175 e. The zero-order valence-electron chi connectivity index (χ0n) is 14.8. The van der Waals surface area contributed by atoms with Gasteiger partial charge in [-0.1, -0.05) is 37.8 Å². The van der Waals surface area contributed by atoms with Crippen LogP contribution in [-0.2, 0) is 16.3 Å². The monoisotopic (exact) mass is 374 g/mol. The van der Waals surface area contributed by atoms with E-state index in [4.69, 9.17) is 4.74 Å². The van der Waals surface area contributed by atoms with E-state index in [-0.39, 0.29) is 22.7 Å². The summed E-state index contributed by atoms with van der Waals surface area (Å²) in [6.07, 6.45) is 6.55. The Kier molecular flexibility index (Phi) is 4.51. The molecule has 0 aliphatic heterocycles. The van der Waals surface area contributed by atoms with Crippen LogP contribution in [0.2, 0.25) is 0 Å². The first-order valence-electron chi connectivity index (χ1n) is 9.17. The van der Waals surface area contributed by atoms with Crippen molar-refractivity contribution in [2.75, 3.05) is 6.26 Å². The number of sulfone groups is 1. The lowest BCUT2D eigenvalue weighted by atomic mass is 9.86. The molecule has 0 spiro atoms. The minimum absolute atomic E-state index is 0.149. The van der Waals surface area contributed by atoms with E-state index < -0.39 is 9.84 Å². The second-order valence-electron chi connectivity index (χ2n) is 7.50. The first-order chi connectivity index (χ1) is 12.4. The third-order valence-electron chi connectivity index (χ3n) is 5.81. The number of hydrogen-bond donors (Lipinski definition) is 0. The molecule has 0 aromatic heterocycles. The fraction of sp³-hybridized carbons (Fsp3) is 0.429. The molecule has 4 rings (SSSR count). The third-order valence-corrected chi connectivity index (χ3v) is 6.94. The van der Waals surface area contributed by atoms with Crippen molar-refractivity contribution in [1.29, 1.82) is 0 Å². The van der Waals surface area contributed by atoms with Crippen LogP contribution in [0.3, 0.4) is 0 Å². The maximum Gasteiger partial charge on any atom is 0.175 e. The van der Waals surface area contributed by atoms with Gasteiger partial charge < -0.3 is 4.74 Å². The first kappa shape index (κ1) is 17.5. The van der Waals surface area contributed by atoms with E-state index in [2.05, 4.69) is 0 Å². The number of halogens is 1. The molecule has 0 N–H and O–H groups in total. The summed E-state index contributed by atoms with van der Waals surface area (Å²) in [4.78, 5) is 0.273. The molecule has 0 radical (unpaired) electrons. The lowest BCUT2D eigenvalue weighted by Gasteiger charge is -2.27. The van der Waals surface area contributed by atoms with Crippen molar-refractivity contribution in [2.45, 2.75) is 43.1 Å². The Morgan fingerprint density at radius 1 is 1.04 bits per heavy atom. The predicted molar refractivity (Wildman–Crippen MR) is 98.5 cm³/mol. The maximum atomic E-state index is 14.3. The fourth-order valence-corrected chi connectivity index (χ4v) is 5.12. The van der Waals surface area contributed by atoms with Crippen LogP contribution in [-0.4, -0.2) is 14.7 Å². The molecule has 2 aliphatic rings. The van der Waals surface area contributed by atoms with Gasteiger partial charge in [0.05, 0.1) is 4.90 Å². The average Bonchev–Trinajstić information content (AvgIpc) is 3.24. The van der Waals surface area contributed by atoms with Gasteiger partial charge in [0.25, 0.3) is 0 Å². The average molecular weight is 374 g/mol. The van der Waals surface area contributed by atoms with Crippen LogP contribution >= 0.6 is 0 Å². The fourth-order valence-electron chi connectivity index (χ4n) is 4.49. The predicted octanol–water partition coefficient (Wildman–Crippen LogP) is 4.71. The van der Waals surface area contributed by atoms with Gasteiger partial charge in [0, 0.05) is 12.2 Å². The van der Waals surface area contributed by atoms with E-state index in [9.17, 15) is 12.8 Å². The lowest BCUT2D eigenvalue weighted by molar-refractivity contribution is 0.111. The molecule has 3 nitrogen and oxygen atoms in total. The van der Waals surface area contributed by atoms with Crippen LogP contribution in [0.1, 0.15) is 42.9 Å². The van der Waals surface area contributed by atoms with E-state index in [1.54, 1.807) is 30.3 Å². The third kappa shape index (κ3) is 3.25. The minimum atomic E-state index is -3.23. The Hall–Kier alpha value is -1.88. The Bertz CT molecular complexity index is 899. The van der Waals surface area contributed by atoms with Gasteiger partial charge in [0.1, 0.15) is 17.7 Å². The maximum absolute atomic E-state index is 14.3. The quantitative estimate of drug-likeness (QED) is 0.778. The molecule has 0 amide bonds. The number of rotatable bonds is 4. The van der Waals surface area contributed by atoms with Crippen molar-refractivity contribution >= 4 is 9.84 Å². The summed E-state index contributed by atoms with van der Waals surface area (Å²) >= 11 is 0. The van der Waals surface area contributed by atoms with Crippen LogP contribution in [0.25, 0.3) is 0 Å². The standard InChI is InChI=1S/C21H23FO3S/c1-26(23,24)16-11-9-15(10-12-16)25-21-17-7-4-8-20(22)19(17)13-18(21)14-5-2-3-6-14/h4,7-12,14,18,21H,2-3,5-6,13H2,1H3/t18-,21+/m1/s1. The molecule has 138 valence electrons. The van der Waals surface area contributed by atoms with Crippen LogP contribution in [0, 0.1) is 17.7 Å². The van der Waals surface area contributed by atoms with Crippen LogP contribution in [0.4, 0.5) is 4.39 Å². The van der Waals surface area contributed by atoms with Crippen LogP contribution in [0.15, 0.2) is 47.4 Å². The highest BCUT2D eigenvalue weighted by atomic mass is 32.2. The van der Waals surface area contributed by atoms with Gasteiger partial charge >= 0.3 is 0 Å². The van der Waals surface area contributed by atoms with Gasteiger partial charge in [-0.25, -0.2) is 12.8 Å². The van der Waals surface area contributed by atoms with E-state index in [1.165, 1.54) is 38.0 Å². The number of hydrogen-bond acceptors (Lipinski definition) is 3. The second-order valence-corrected chi connectivity index (χ2v) is 9.52. The summed E-state index contributed by atoms with van der Waals surface area (Å²) in [7, 11) is -3.23. The van der Waals surface area contributed by atoms with Gasteiger partial charge in [-0.2, -0.15) is 0 Å². The summed E-state index contributed by atoms with van der Waals surface area (Å²) in [5, 5.41) is 0. The van der Waals surface area contributed by atoms with E-state index in [0.717, 1.165) is 17.5 Å². The summed E-state index contributed by atoms with van der Waals surface area (Å²) in [5.41, 5.74) is 1.72. The molecule has 1 fully saturated rings. The van der Waals surface area contributed by atoms with Gasteiger partial charge in [-0.15, -0.1) is 0 Å². The molecule has 0 saturated heterocycles. The molecule has 1 saturated carbocycles. The Labute approximate surface area is 154 Å². The van der Waals surface area contributed by atoms with Crippen LogP contribution < -0.4 is 4.74 Å². The van der Waals surface area contributed by atoms with Crippen molar-refractivity contribution in [2.24, 2.45) is 11.8 Å². The van der Waals surface area contributed by atoms with Crippen molar-refractivity contribution in [3.8, 4) is 5.75 Å². The van der Waals surface area contributed by atoms with E-state index >= 15 is 0 Å². The zero-order valence-corrected chi connectivity index (χ0v) is 15.6. The van der Waals surface area contributed by atoms with E-state index in [1.807, 2.05) is 6.07 Å². The number of fused-ring (bicyclic) bond motifs is 1. The Balaban J connectivity index is 1.64. The number of benzene rings is 2. The molecule has 26 heavy (non-hydrogen) atoms. The summed E-state index contributed by atoms with van der Waals surface area (Å²) in [5.74, 6) is 1.31. The van der Waals surface area contributed by atoms with Gasteiger partial charge in [0.15, 0.2) is 9.84 Å². The summed E-state index contributed by atoms with van der Waals surface area (Å²) < 4.78 is 43.9. The topological polar surface area (TPSA) is 43.4 Å². The van der Waals surface area contributed by atoms with E-state index in [0.29, 0.717) is 11.7 Å². The SMILES string of the molecule is CS(=O)(=O)c1ccc(O[C@H]2c3cccc(F)c3C[C@@H]2C2CCCC2)cc1. The molecule has 2 aromatic rings. The zero-order chi connectivity index (χ0) is 18.3. The second kappa shape index (κ2) is 6.69. The Morgan fingerprint density at radius 2 is 1.73 bits per heavy atom. The number of ether oxygens (including phenoxy) is 1. The molecule has 0 heterocycles. The molecule has 0 unspecified atom stereocenters. The van der Waals surface area contributed by atoms with Crippen molar-refractivity contribution in [1.82, 2.24) is 0 Å². The summed E-state index contributed by atoms with van der Waals surface area (Å²) in [6, 6.07) is 11.7. The molecule has 2 aromatic carbocycles. The van der Waals surface area contributed by atoms with Crippen molar-refractivity contribution < 1.29 is 17.5 Å². The largest absolute Gasteiger partial charge is 0.485 e. The highest BCUT2D eigenvalue weighted by Gasteiger charge is 2.41. The molecule has 0 bridgehead atoms. The normalized spacial score (nSPS) is 23.2. The van der Waals surface area contributed by atoms with Crippen molar-refractivity contribution in [3.05, 3.63) is 59.4 Å². The molecule has 2 atom stereocenters. The molecular weight excluding hydrogens is 351 g/mol. The molecule has 2 aliphatic carbocycles. The van der Waals surface area contributed by atoms with Gasteiger partial charge in [-0.05, 0) is 53.8 Å². The highest BCUT2D eigenvalue weighted by molar-refractivity contribution is 7.90. The molecular formula is C21H23FO3S.